The minimum absolute atomic E-state index is 0.0944. The molecular formula is C11H11F2NO. The van der Waals surface area contributed by atoms with E-state index in [0.717, 1.165) is 6.07 Å². The second-order valence-electron chi connectivity index (χ2n) is 3.51. The summed E-state index contributed by atoms with van der Waals surface area (Å²) in [6.45, 7) is 3.18. The molecule has 0 saturated carbocycles. The summed E-state index contributed by atoms with van der Waals surface area (Å²) >= 11 is 0. The first-order valence-corrected chi connectivity index (χ1v) is 4.91. The van der Waals surface area contributed by atoms with Gasteiger partial charge in [0.25, 0.3) is 0 Å². The highest BCUT2D eigenvalue weighted by Crippen LogP contribution is 2.30. The zero-order chi connectivity index (χ0) is 11.0. The fraction of sp³-hybridized carbons (Fsp3) is 0.364. The average Bonchev–Trinajstić information content (AvgIpc) is 2.24. The fourth-order valence-electron chi connectivity index (χ4n) is 1.88. The first-order valence-electron chi connectivity index (χ1n) is 4.91. The SMILES string of the molecule is CCN1CCC(=O)c2c1ccc(F)c2F. The first kappa shape index (κ1) is 10.1. The van der Waals surface area contributed by atoms with E-state index in [9.17, 15) is 13.6 Å². The van der Waals surface area contributed by atoms with Crippen LogP contribution in [-0.4, -0.2) is 18.9 Å². The monoisotopic (exact) mass is 211 g/mol. The Labute approximate surface area is 86.5 Å². The normalized spacial score (nSPS) is 15.4. The van der Waals surface area contributed by atoms with Crippen molar-refractivity contribution in [3.05, 3.63) is 29.3 Å². The summed E-state index contributed by atoms with van der Waals surface area (Å²) in [5.74, 6) is -2.29. The van der Waals surface area contributed by atoms with Crippen LogP contribution in [0.5, 0.6) is 0 Å². The zero-order valence-corrected chi connectivity index (χ0v) is 8.39. The summed E-state index contributed by atoms with van der Waals surface area (Å²) in [6, 6.07) is 2.53. The molecule has 1 aliphatic rings. The summed E-state index contributed by atoms with van der Waals surface area (Å²) < 4.78 is 26.4. The molecule has 0 bridgehead atoms. The van der Waals surface area contributed by atoms with Gasteiger partial charge >= 0.3 is 0 Å². The molecule has 15 heavy (non-hydrogen) atoms. The molecule has 2 nitrogen and oxygen atoms in total. The minimum atomic E-state index is -1.02. The summed E-state index contributed by atoms with van der Waals surface area (Å²) in [7, 11) is 0. The van der Waals surface area contributed by atoms with Crippen molar-refractivity contribution >= 4 is 11.5 Å². The van der Waals surface area contributed by atoms with Gasteiger partial charge in [0, 0.05) is 19.5 Å². The highest BCUT2D eigenvalue weighted by molar-refractivity contribution is 6.03. The molecule has 0 spiro atoms. The number of nitrogens with zero attached hydrogens (tertiary/aromatic N) is 1. The van der Waals surface area contributed by atoms with E-state index in [4.69, 9.17) is 0 Å². The molecule has 2 rings (SSSR count). The summed E-state index contributed by atoms with van der Waals surface area (Å²) in [5, 5.41) is 0. The minimum Gasteiger partial charge on any atom is -0.371 e. The second kappa shape index (κ2) is 3.61. The molecule has 1 aromatic carbocycles. The van der Waals surface area contributed by atoms with E-state index in [-0.39, 0.29) is 17.8 Å². The number of fused-ring (bicyclic) bond motifs is 1. The van der Waals surface area contributed by atoms with Crippen LogP contribution in [0.4, 0.5) is 14.5 Å². The predicted octanol–water partition coefficient (Wildman–Crippen LogP) is 2.38. The van der Waals surface area contributed by atoms with Crippen LogP contribution < -0.4 is 4.90 Å². The van der Waals surface area contributed by atoms with Crippen molar-refractivity contribution in [3.8, 4) is 0 Å². The van der Waals surface area contributed by atoms with Crippen LogP contribution in [0.3, 0.4) is 0 Å². The van der Waals surface area contributed by atoms with E-state index < -0.39 is 11.6 Å². The van der Waals surface area contributed by atoms with E-state index in [2.05, 4.69) is 0 Å². The van der Waals surface area contributed by atoms with Crippen molar-refractivity contribution in [3.63, 3.8) is 0 Å². The molecule has 1 aromatic rings. The third-order valence-electron chi connectivity index (χ3n) is 2.68. The zero-order valence-electron chi connectivity index (χ0n) is 8.39. The molecule has 0 fully saturated rings. The van der Waals surface area contributed by atoms with Crippen molar-refractivity contribution in [1.82, 2.24) is 0 Å². The largest absolute Gasteiger partial charge is 0.371 e. The smallest absolute Gasteiger partial charge is 0.171 e. The van der Waals surface area contributed by atoms with E-state index >= 15 is 0 Å². The number of hydrogen-bond donors (Lipinski definition) is 0. The van der Waals surface area contributed by atoms with E-state index in [1.54, 1.807) is 0 Å². The third-order valence-corrected chi connectivity index (χ3v) is 2.68. The van der Waals surface area contributed by atoms with Gasteiger partial charge in [-0.05, 0) is 19.1 Å². The van der Waals surface area contributed by atoms with Crippen LogP contribution >= 0.6 is 0 Å². The van der Waals surface area contributed by atoms with Crippen molar-refractivity contribution in [2.75, 3.05) is 18.0 Å². The molecule has 80 valence electrons. The van der Waals surface area contributed by atoms with Gasteiger partial charge in [-0.1, -0.05) is 0 Å². The predicted molar refractivity (Wildman–Crippen MR) is 53.2 cm³/mol. The molecule has 0 atom stereocenters. The van der Waals surface area contributed by atoms with Crippen LogP contribution in [0.1, 0.15) is 23.7 Å². The molecule has 4 heteroatoms. The second-order valence-corrected chi connectivity index (χ2v) is 3.51. The number of rotatable bonds is 1. The standard InChI is InChI=1S/C11H11F2NO/c1-2-14-6-5-9(15)10-8(14)4-3-7(12)11(10)13/h3-4H,2,5-6H2,1H3. The lowest BCUT2D eigenvalue weighted by molar-refractivity contribution is 0.0975. The molecular weight excluding hydrogens is 200 g/mol. The number of anilines is 1. The van der Waals surface area contributed by atoms with Crippen LogP contribution in [0.25, 0.3) is 0 Å². The topological polar surface area (TPSA) is 20.3 Å². The molecule has 0 radical (unpaired) electrons. The quantitative estimate of drug-likeness (QED) is 0.710. The van der Waals surface area contributed by atoms with Crippen molar-refractivity contribution in [2.24, 2.45) is 0 Å². The number of carbonyl (C=O) groups is 1. The Morgan fingerprint density at radius 2 is 2.13 bits per heavy atom. The Bertz CT molecular complexity index is 417. The summed E-state index contributed by atoms with van der Waals surface area (Å²) in [6.07, 6.45) is 0.251. The molecule has 0 unspecified atom stereocenters. The number of Topliss-reactive ketones (excluding diaryl/α,β-unsaturated/α-hetero) is 1. The van der Waals surface area contributed by atoms with Gasteiger partial charge in [0.2, 0.25) is 0 Å². The van der Waals surface area contributed by atoms with Crippen LogP contribution in [0.15, 0.2) is 12.1 Å². The van der Waals surface area contributed by atoms with Gasteiger partial charge in [-0.25, -0.2) is 8.78 Å². The maximum absolute atomic E-state index is 13.4. The van der Waals surface area contributed by atoms with Gasteiger partial charge in [-0.2, -0.15) is 0 Å². The first-order chi connectivity index (χ1) is 7.15. The third kappa shape index (κ3) is 1.50. The van der Waals surface area contributed by atoms with Crippen LogP contribution in [-0.2, 0) is 0 Å². The van der Waals surface area contributed by atoms with Gasteiger partial charge < -0.3 is 4.90 Å². The molecule has 1 heterocycles. The van der Waals surface area contributed by atoms with E-state index in [0.29, 0.717) is 18.8 Å². The van der Waals surface area contributed by atoms with Gasteiger partial charge in [0.1, 0.15) is 0 Å². The van der Waals surface area contributed by atoms with Crippen molar-refractivity contribution < 1.29 is 13.6 Å². The van der Waals surface area contributed by atoms with Gasteiger partial charge in [-0.15, -0.1) is 0 Å². The molecule has 0 amide bonds. The Kier molecular flexibility index (Phi) is 2.42. The van der Waals surface area contributed by atoms with Crippen molar-refractivity contribution in [2.45, 2.75) is 13.3 Å². The van der Waals surface area contributed by atoms with Gasteiger partial charge in [-0.3, -0.25) is 4.79 Å². The number of benzene rings is 1. The Hall–Kier alpha value is -1.45. The van der Waals surface area contributed by atoms with E-state index in [1.807, 2.05) is 11.8 Å². The highest BCUT2D eigenvalue weighted by Gasteiger charge is 2.27. The maximum Gasteiger partial charge on any atom is 0.171 e. The molecule has 0 saturated heterocycles. The Morgan fingerprint density at radius 3 is 2.80 bits per heavy atom. The van der Waals surface area contributed by atoms with Crippen LogP contribution in [0.2, 0.25) is 0 Å². The molecule has 0 aromatic heterocycles. The van der Waals surface area contributed by atoms with E-state index in [1.165, 1.54) is 6.07 Å². The summed E-state index contributed by atoms with van der Waals surface area (Å²) in [5.41, 5.74) is 0.413. The van der Waals surface area contributed by atoms with Crippen LogP contribution in [0, 0.1) is 11.6 Å². The Balaban J connectivity index is 2.61. The average molecular weight is 211 g/mol. The van der Waals surface area contributed by atoms with Crippen molar-refractivity contribution in [1.29, 1.82) is 0 Å². The molecule has 0 N–H and O–H groups in total. The Morgan fingerprint density at radius 1 is 1.40 bits per heavy atom. The lowest BCUT2D eigenvalue weighted by Gasteiger charge is -2.29. The maximum atomic E-state index is 13.4. The number of halogens is 2. The number of hydrogen-bond acceptors (Lipinski definition) is 2. The molecule has 1 aliphatic heterocycles. The lowest BCUT2D eigenvalue weighted by Crippen LogP contribution is -2.32. The number of carbonyl (C=O) groups excluding carboxylic acids is 1. The highest BCUT2D eigenvalue weighted by atomic mass is 19.2. The van der Waals surface area contributed by atoms with Gasteiger partial charge in [0.15, 0.2) is 17.4 Å². The molecule has 0 aliphatic carbocycles. The van der Waals surface area contributed by atoms with Gasteiger partial charge in [0.05, 0.1) is 11.3 Å². The number of ketones is 1. The summed E-state index contributed by atoms with van der Waals surface area (Å²) in [4.78, 5) is 13.4. The fourth-order valence-corrected chi connectivity index (χ4v) is 1.88. The lowest BCUT2D eigenvalue weighted by atomic mass is 9.99.